The predicted octanol–water partition coefficient (Wildman–Crippen LogP) is 3.11. The fraction of sp³-hybridized carbons (Fsp3) is 0.400. The van der Waals surface area contributed by atoms with Gasteiger partial charge in [0.05, 0.1) is 6.61 Å². The summed E-state index contributed by atoms with van der Waals surface area (Å²) >= 11 is 0. The molecule has 0 fully saturated rings. The first-order valence-corrected chi connectivity index (χ1v) is 6.38. The van der Waals surface area contributed by atoms with Crippen molar-refractivity contribution in [2.24, 2.45) is 0 Å². The van der Waals surface area contributed by atoms with Gasteiger partial charge in [0.15, 0.2) is 0 Å². The number of carboxylic acids is 1. The van der Waals surface area contributed by atoms with E-state index in [1.807, 2.05) is 12.1 Å². The average molecular weight is 246 g/mol. The van der Waals surface area contributed by atoms with Crippen molar-refractivity contribution in [2.45, 2.75) is 32.1 Å². The molecule has 1 aliphatic rings. The second-order valence-electron chi connectivity index (χ2n) is 4.47. The Morgan fingerprint density at radius 1 is 1.50 bits per heavy atom. The molecule has 0 aliphatic heterocycles. The number of fused-ring (bicyclic) bond motifs is 1. The smallest absolute Gasteiger partial charge is 0.370 e. The highest BCUT2D eigenvalue weighted by Crippen LogP contribution is 2.33. The lowest BCUT2D eigenvalue weighted by atomic mass is 9.82. The van der Waals surface area contributed by atoms with Crippen LogP contribution < -0.4 is 0 Å². The van der Waals surface area contributed by atoms with Crippen LogP contribution in [0, 0.1) is 0 Å². The number of ether oxygens (including phenoxy) is 1. The first-order chi connectivity index (χ1) is 8.72. The largest absolute Gasteiger partial charge is 0.487 e. The van der Waals surface area contributed by atoms with Gasteiger partial charge in [0.1, 0.15) is 0 Å². The van der Waals surface area contributed by atoms with Crippen LogP contribution in [0.5, 0.6) is 0 Å². The summed E-state index contributed by atoms with van der Waals surface area (Å²) in [6.45, 7) is 2.18. The number of aryl methyl sites for hydroxylation is 1. The summed E-state index contributed by atoms with van der Waals surface area (Å²) in [5.41, 5.74) is 2.56. The Morgan fingerprint density at radius 3 is 3.00 bits per heavy atom. The Labute approximate surface area is 107 Å². The molecular weight excluding hydrogens is 228 g/mol. The molecule has 1 unspecified atom stereocenters. The van der Waals surface area contributed by atoms with Gasteiger partial charge in [-0.25, -0.2) is 4.79 Å². The lowest BCUT2D eigenvalue weighted by molar-refractivity contribution is -0.136. The van der Waals surface area contributed by atoms with Gasteiger partial charge in [-0.1, -0.05) is 24.3 Å². The monoisotopic (exact) mass is 246 g/mol. The Kier molecular flexibility index (Phi) is 4.03. The quantitative estimate of drug-likeness (QED) is 0.656. The van der Waals surface area contributed by atoms with Crippen LogP contribution >= 0.6 is 0 Å². The maximum atomic E-state index is 11.1. The molecule has 0 heterocycles. The molecule has 0 bridgehead atoms. The highest BCUT2D eigenvalue weighted by Gasteiger charge is 2.20. The van der Waals surface area contributed by atoms with Crippen LogP contribution in [-0.2, 0) is 16.0 Å². The average Bonchev–Trinajstić information content (AvgIpc) is 2.38. The van der Waals surface area contributed by atoms with Gasteiger partial charge in [-0.2, -0.15) is 0 Å². The zero-order valence-electron chi connectivity index (χ0n) is 10.6. The normalized spacial score (nSPS) is 19.2. The van der Waals surface area contributed by atoms with Crippen LogP contribution in [0.4, 0.5) is 0 Å². The van der Waals surface area contributed by atoms with Crippen LogP contribution in [0.25, 0.3) is 0 Å². The van der Waals surface area contributed by atoms with Crippen molar-refractivity contribution in [1.82, 2.24) is 0 Å². The highest BCUT2D eigenvalue weighted by atomic mass is 16.5. The minimum absolute atomic E-state index is 0.0687. The van der Waals surface area contributed by atoms with E-state index in [9.17, 15) is 4.79 Å². The minimum atomic E-state index is -0.986. The third kappa shape index (κ3) is 2.73. The minimum Gasteiger partial charge on any atom is -0.487 e. The molecule has 18 heavy (non-hydrogen) atoms. The summed E-state index contributed by atoms with van der Waals surface area (Å²) in [6, 6.07) is 8.25. The molecular formula is C15H18O3. The van der Waals surface area contributed by atoms with E-state index in [-0.39, 0.29) is 11.7 Å². The molecule has 1 atom stereocenters. The van der Waals surface area contributed by atoms with Crippen molar-refractivity contribution in [2.75, 3.05) is 6.61 Å². The van der Waals surface area contributed by atoms with Gasteiger partial charge >= 0.3 is 5.97 Å². The molecule has 0 amide bonds. The topological polar surface area (TPSA) is 46.5 Å². The molecule has 1 aromatic rings. The van der Waals surface area contributed by atoms with Crippen LogP contribution in [0.15, 0.2) is 36.1 Å². The summed E-state index contributed by atoms with van der Waals surface area (Å²) in [4.78, 5) is 11.1. The van der Waals surface area contributed by atoms with E-state index in [2.05, 4.69) is 12.1 Å². The van der Waals surface area contributed by atoms with Gasteiger partial charge in [0.25, 0.3) is 0 Å². The fourth-order valence-corrected chi connectivity index (χ4v) is 2.48. The highest BCUT2D eigenvalue weighted by molar-refractivity contribution is 5.84. The number of carboxylic acid groups (broad SMARTS) is 1. The standard InChI is InChI=1S/C15H18O3/c1-2-18-14(15(16)17)10-12-8-5-7-11-6-3-4-9-13(11)12/h3-4,6,9-10,12H,2,5,7-8H2,1H3,(H,16,17). The van der Waals surface area contributed by atoms with Crippen molar-refractivity contribution >= 4 is 5.97 Å². The predicted molar refractivity (Wildman–Crippen MR) is 69.5 cm³/mol. The van der Waals surface area contributed by atoms with E-state index in [4.69, 9.17) is 9.84 Å². The first-order valence-electron chi connectivity index (χ1n) is 6.38. The number of hydrogen-bond donors (Lipinski definition) is 1. The summed E-state index contributed by atoms with van der Waals surface area (Å²) in [5.74, 6) is -0.758. The maximum Gasteiger partial charge on any atom is 0.370 e. The third-order valence-corrected chi connectivity index (χ3v) is 3.28. The summed E-state index contributed by atoms with van der Waals surface area (Å²) < 4.78 is 5.18. The molecule has 0 aromatic heterocycles. The van der Waals surface area contributed by atoms with Crippen LogP contribution in [0.2, 0.25) is 0 Å². The fourth-order valence-electron chi connectivity index (χ4n) is 2.48. The summed E-state index contributed by atoms with van der Waals surface area (Å²) in [7, 11) is 0. The third-order valence-electron chi connectivity index (χ3n) is 3.28. The van der Waals surface area contributed by atoms with Crippen LogP contribution in [0.1, 0.15) is 36.8 Å². The molecule has 2 rings (SSSR count). The molecule has 96 valence electrons. The van der Waals surface area contributed by atoms with Gasteiger partial charge < -0.3 is 9.84 Å². The second kappa shape index (κ2) is 5.71. The van der Waals surface area contributed by atoms with E-state index in [0.29, 0.717) is 6.61 Å². The van der Waals surface area contributed by atoms with Gasteiger partial charge in [-0.3, -0.25) is 0 Å². The van der Waals surface area contributed by atoms with Gasteiger partial charge in [0, 0.05) is 5.92 Å². The van der Waals surface area contributed by atoms with E-state index < -0.39 is 5.97 Å². The zero-order valence-corrected chi connectivity index (χ0v) is 10.6. The maximum absolute atomic E-state index is 11.1. The van der Waals surface area contributed by atoms with E-state index in [1.54, 1.807) is 13.0 Å². The number of carbonyl (C=O) groups is 1. The Hall–Kier alpha value is -1.77. The SMILES string of the molecule is CCOC(=CC1CCCc2ccccc21)C(=O)O. The Bertz CT molecular complexity index is 463. The number of benzene rings is 1. The lowest BCUT2D eigenvalue weighted by Gasteiger charge is -2.23. The molecule has 1 aliphatic carbocycles. The van der Waals surface area contributed by atoms with Gasteiger partial charge in [0.2, 0.25) is 5.76 Å². The molecule has 1 N–H and O–H groups in total. The van der Waals surface area contributed by atoms with Crippen molar-refractivity contribution in [3.63, 3.8) is 0 Å². The van der Waals surface area contributed by atoms with E-state index >= 15 is 0 Å². The molecule has 3 nitrogen and oxygen atoms in total. The van der Waals surface area contributed by atoms with Crippen LogP contribution in [-0.4, -0.2) is 17.7 Å². The van der Waals surface area contributed by atoms with Gasteiger partial charge in [-0.05, 0) is 43.4 Å². The number of aliphatic carboxylic acids is 1. The first kappa shape index (κ1) is 12.7. The molecule has 0 saturated heterocycles. The molecule has 1 aromatic carbocycles. The van der Waals surface area contributed by atoms with E-state index in [1.165, 1.54) is 11.1 Å². The van der Waals surface area contributed by atoms with Crippen molar-refractivity contribution < 1.29 is 14.6 Å². The van der Waals surface area contributed by atoms with Gasteiger partial charge in [-0.15, -0.1) is 0 Å². The van der Waals surface area contributed by atoms with E-state index in [0.717, 1.165) is 19.3 Å². The number of rotatable bonds is 4. The van der Waals surface area contributed by atoms with Crippen molar-refractivity contribution in [3.8, 4) is 0 Å². The Balaban J connectivity index is 2.29. The molecule has 3 heteroatoms. The van der Waals surface area contributed by atoms with Crippen LogP contribution in [0.3, 0.4) is 0 Å². The lowest BCUT2D eigenvalue weighted by Crippen LogP contribution is -2.12. The molecule has 0 radical (unpaired) electrons. The zero-order chi connectivity index (χ0) is 13.0. The Morgan fingerprint density at radius 2 is 2.28 bits per heavy atom. The van der Waals surface area contributed by atoms with Crippen molar-refractivity contribution in [1.29, 1.82) is 0 Å². The molecule has 0 saturated carbocycles. The van der Waals surface area contributed by atoms with Crippen molar-refractivity contribution in [3.05, 3.63) is 47.2 Å². The molecule has 0 spiro atoms. The number of hydrogen-bond acceptors (Lipinski definition) is 2. The second-order valence-corrected chi connectivity index (χ2v) is 4.47. The number of allylic oxidation sites excluding steroid dienone is 1. The summed E-state index contributed by atoms with van der Waals surface area (Å²) in [6.07, 6.45) is 4.92. The summed E-state index contributed by atoms with van der Waals surface area (Å²) in [5, 5.41) is 9.09.